The molecule has 142 valence electrons. The first-order valence-electron chi connectivity index (χ1n) is 9.29. The van der Waals surface area contributed by atoms with Crippen LogP contribution in [0.3, 0.4) is 0 Å². The van der Waals surface area contributed by atoms with E-state index in [-0.39, 0.29) is 12.0 Å². The molecule has 6 nitrogen and oxygen atoms in total. The van der Waals surface area contributed by atoms with Crippen LogP contribution in [-0.2, 0) is 11.2 Å². The molecule has 1 aliphatic rings. The van der Waals surface area contributed by atoms with E-state index in [0.717, 1.165) is 63.5 Å². The van der Waals surface area contributed by atoms with Crippen molar-refractivity contribution in [3.63, 3.8) is 0 Å². The van der Waals surface area contributed by atoms with Gasteiger partial charge in [0.05, 0.1) is 18.2 Å². The minimum Gasteiger partial charge on any atom is -0.396 e. The number of hydrogen-bond donors (Lipinski definition) is 3. The fraction of sp³-hybridized carbons (Fsp3) is 0.778. The number of aliphatic imine (C=N–C) groups is 1. The number of aromatic nitrogens is 1. The minimum absolute atomic E-state index is 0.000197. The van der Waals surface area contributed by atoms with Crippen molar-refractivity contribution in [1.29, 1.82) is 0 Å². The Balaban J connectivity index is 1.73. The Morgan fingerprint density at radius 1 is 1.44 bits per heavy atom. The number of unbranched alkanes of at least 4 members (excludes halogenated alkanes) is 1. The Morgan fingerprint density at radius 3 is 2.96 bits per heavy atom. The Labute approximate surface area is 155 Å². The molecule has 1 unspecified atom stereocenters. The zero-order valence-electron chi connectivity index (χ0n) is 15.5. The van der Waals surface area contributed by atoms with Crippen molar-refractivity contribution in [2.75, 3.05) is 39.5 Å². The van der Waals surface area contributed by atoms with Crippen LogP contribution in [0.15, 0.2) is 10.4 Å². The summed E-state index contributed by atoms with van der Waals surface area (Å²) in [5, 5.41) is 19.4. The molecule has 3 N–H and O–H groups in total. The summed E-state index contributed by atoms with van der Waals surface area (Å²) in [5.74, 6) is 0.858. The lowest BCUT2D eigenvalue weighted by Gasteiger charge is -2.24. The summed E-state index contributed by atoms with van der Waals surface area (Å²) in [6.07, 6.45) is 4.99. The van der Waals surface area contributed by atoms with E-state index in [1.165, 1.54) is 5.01 Å². The number of nitrogens with one attached hydrogen (secondary N) is 2. The first-order chi connectivity index (χ1) is 12.2. The van der Waals surface area contributed by atoms with Gasteiger partial charge >= 0.3 is 0 Å². The molecule has 1 atom stereocenters. The second-order valence-corrected chi connectivity index (χ2v) is 7.68. The predicted octanol–water partition coefficient (Wildman–Crippen LogP) is 2.12. The highest BCUT2D eigenvalue weighted by atomic mass is 32.1. The van der Waals surface area contributed by atoms with E-state index in [4.69, 9.17) is 9.73 Å². The van der Waals surface area contributed by atoms with Gasteiger partial charge in [-0.15, -0.1) is 11.3 Å². The van der Waals surface area contributed by atoms with Gasteiger partial charge in [-0.3, -0.25) is 4.99 Å². The quantitative estimate of drug-likeness (QED) is 0.335. The summed E-state index contributed by atoms with van der Waals surface area (Å²) in [4.78, 5) is 9.24. The molecular formula is C18H32N4O2S. The Kier molecular flexibility index (Phi) is 8.64. The van der Waals surface area contributed by atoms with Gasteiger partial charge in [-0.1, -0.05) is 0 Å². The van der Waals surface area contributed by atoms with E-state index in [0.29, 0.717) is 13.2 Å². The third-order valence-electron chi connectivity index (χ3n) is 4.52. The highest BCUT2D eigenvalue weighted by molar-refractivity contribution is 7.09. The van der Waals surface area contributed by atoms with Crippen LogP contribution in [0.2, 0.25) is 0 Å². The fourth-order valence-electron chi connectivity index (χ4n) is 3.00. The summed E-state index contributed by atoms with van der Waals surface area (Å²) < 4.78 is 5.54. The van der Waals surface area contributed by atoms with Crippen molar-refractivity contribution >= 4 is 17.3 Å². The van der Waals surface area contributed by atoms with Crippen LogP contribution < -0.4 is 10.6 Å². The van der Waals surface area contributed by atoms with Crippen LogP contribution in [0.25, 0.3) is 0 Å². The third-order valence-corrected chi connectivity index (χ3v) is 5.55. The highest BCUT2D eigenvalue weighted by Crippen LogP contribution is 2.32. The molecule has 25 heavy (non-hydrogen) atoms. The SMILES string of the molecule is CCNC(=NCC1(CCO)CCOC1)NCCCCc1nc(C)cs1. The van der Waals surface area contributed by atoms with Crippen LogP contribution in [0.1, 0.15) is 43.3 Å². The van der Waals surface area contributed by atoms with Crippen molar-refractivity contribution in [2.24, 2.45) is 10.4 Å². The molecule has 0 amide bonds. The Morgan fingerprint density at radius 2 is 2.32 bits per heavy atom. The fourth-order valence-corrected chi connectivity index (χ4v) is 3.82. The Hall–Kier alpha value is -1.18. The van der Waals surface area contributed by atoms with Crippen LogP contribution in [0, 0.1) is 12.3 Å². The van der Waals surface area contributed by atoms with Gasteiger partial charge in [0.1, 0.15) is 0 Å². The standard InChI is InChI=1S/C18H32N4O2S/c1-3-19-17(21-13-18(7-10-23)8-11-24-14-18)20-9-5-4-6-16-22-15(2)12-25-16/h12,23H,3-11,13-14H2,1-2H3,(H2,19,20,21). The van der Waals surface area contributed by atoms with Gasteiger partial charge in [-0.2, -0.15) is 0 Å². The van der Waals surface area contributed by atoms with Gasteiger partial charge in [0.2, 0.25) is 0 Å². The molecule has 1 saturated heterocycles. The van der Waals surface area contributed by atoms with Crippen LogP contribution in [0.4, 0.5) is 0 Å². The number of aryl methyl sites for hydroxylation is 2. The zero-order valence-corrected chi connectivity index (χ0v) is 16.3. The number of hydrogen-bond acceptors (Lipinski definition) is 5. The number of aliphatic hydroxyl groups excluding tert-OH is 1. The smallest absolute Gasteiger partial charge is 0.191 e. The number of guanidine groups is 1. The summed E-state index contributed by atoms with van der Waals surface area (Å²) >= 11 is 1.75. The number of rotatable bonds is 10. The summed E-state index contributed by atoms with van der Waals surface area (Å²) in [7, 11) is 0. The van der Waals surface area contributed by atoms with Gasteiger partial charge in [0.15, 0.2) is 5.96 Å². The molecule has 1 fully saturated rings. The largest absolute Gasteiger partial charge is 0.396 e. The van der Waals surface area contributed by atoms with Crippen molar-refractivity contribution in [3.8, 4) is 0 Å². The van der Waals surface area contributed by atoms with E-state index >= 15 is 0 Å². The normalized spacial score (nSPS) is 20.8. The van der Waals surface area contributed by atoms with Gasteiger partial charge in [0, 0.05) is 42.8 Å². The molecule has 0 aliphatic carbocycles. The number of thiazole rings is 1. The maximum Gasteiger partial charge on any atom is 0.191 e. The topological polar surface area (TPSA) is 78.8 Å². The molecule has 2 heterocycles. The number of nitrogens with zero attached hydrogens (tertiary/aromatic N) is 2. The van der Waals surface area contributed by atoms with Gasteiger partial charge in [-0.05, 0) is 46.0 Å². The van der Waals surface area contributed by atoms with E-state index in [2.05, 4.69) is 27.9 Å². The molecule has 0 spiro atoms. The lowest BCUT2D eigenvalue weighted by atomic mass is 9.84. The van der Waals surface area contributed by atoms with Crippen molar-refractivity contribution in [1.82, 2.24) is 15.6 Å². The van der Waals surface area contributed by atoms with E-state index in [1.54, 1.807) is 11.3 Å². The number of aliphatic hydroxyl groups is 1. The molecule has 7 heteroatoms. The molecule has 0 bridgehead atoms. The maximum absolute atomic E-state index is 9.32. The first kappa shape index (κ1) is 20.1. The van der Waals surface area contributed by atoms with Crippen LogP contribution in [0.5, 0.6) is 0 Å². The van der Waals surface area contributed by atoms with Gasteiger partial charge < -0.3 is 20.5 Å². The second-order valence-electron chi connectivity index (χ2n) is 6.74. The second kappa shape index (κ2) is 10.7. The van der Waals surface area contributed by atoms with Crippen LogP contribution >= 0.6 is 11.3 Å². The molecule has 2 rings (SSSR count). The molecule has 1 aromatic rings. The monoisotopic (exact) mass is 368 g/mol. The zero-order chi connectivity index (χ0) is 18.0. The summed E-state index contributed by atoms with van der Waals surface area (Å²) in [6, 6.07) is 0. The van der Waals surface area contributed by atoms with E-state index < -0.39 is 0 Å². The average molecular weight is 369 g/mol. The van der Waals surface area contributed by atoms with Gasteiger partial charge in [-0.25, -0.2) is 4.98 Å². The molecule has 1 aromatic heterocycles. The molecule has 0 aromatic carbocycles. The van der Waals surface area contributed by atoms with E-state index in [1.807, 2.05) is 6.92 Å². The average Bonchev–Trinajstić information content (AvgIpc) is 3.22. The molecule has 1 aliphatic heterocycles. The molecular weight excluding hydrogens is 336 g/mol. The maximum atomic E-state index is 9.32. The lowest BCUT2D eigenvalue weighted by Crippen LogP contribution is -2.39. The highest BCUT2D eigenvalue weighted by Gasteiger charge is 2.34. The first-order valence-corrected chi connectivity index (χ1v) is 10.2. The minimum atomic E-state index is -0.000197. The number of ether oxygens (including phenoxy) is 1. The van der Waals surface area contributed by atoms with Crippen molar-refractivity contribution < 1.29 is 9.84 Å². The van der Waals surface area contributed by atoms with Crippen LogP contribution in [-0.4, -0.2) is 55.5 Å². The van der Waals surface area contributed by atoms with Crippen molar-refractivity contribution in [2.45, 2.75) is 46.0 Å². The molecule has 0 radical (unpaired) electrons. The Bertz CT molecular complexity index is 527. The lowest BCUT2D eigenvalue weighted by molar-refractivity contribution is 0.131. The van der Waals surface area contributed by atoms with Gasteiger partial charge in [0.25, 0.3) is 0 Å². The van der Waals surface area contributed by atoms with E-state index in [9.17, 15) is 5.11 Å². The summed E-state index contributed by atoms with van der Waals surface area (Å²) in [6.45, 7) is 8.22. The predicted molar refractivity (Wildman–Crippen MR) is 103 cm³/mol. The third kappa shape index (κ3) is 6.92. The summed E-state index contributed by atoms with van der Waals surface area (Å²) in [5.41, 5.74) is 1.12. The molecule has 0 saturated carbocycles. The van der Waals surface area contributed by atoms with Crippen molar-refractivity contribution in [3.05, 3.63) is 16.1 Å².